The molecule has 3 N–H and O–H groups in total. The topological polar surface area (TPSA) is 118 Å². The molecule has 0 radical (unpaired) electrons. The summed E-state index contributed by atoms with van der Waals surface area (Å²) in [7, 11) is 0. The number of aromatic nitrogens is 5. The average molecular weight is 479 g/mol. The molecule has 0 aliphatic heterocycles. The highest BCUT2D eigenvalue weighted by Gasteiger charge is 2.43. The number of fused-ring (bicyclic) bond motifs is 1. The number of alkyl carbamates (subject to hydrolysis) is 1. The molecule has 0 bridgehead atoms. The van der Waals surface area contributed by atoms with Crippen molar-refractivity contribution in [3.8, 4) is 5.88 Å². The molecule has 3 heterocycles. The van der Waals surface area contributed by atoms with Gasteiger partial charge in [-0.15, -0.1) is 0 Å². The second-order valence-electron chi connectivity index (χ2n) is 8.87. The van der Waals surface area contributed by atoms with Gasteiger partial charge in [0.1, 0.15) is 17.9 Å². The average Bonchev–Trinajstić information content (AvgIpc) is 3.15. The third-order valence-corrected chi connectivity index (χ3v) is 6.12. The van der Waals surface area contributed by atoms with E-state index in [2.05, 4.69) is 30.8 Å². The molecular weight excluding hydrogens is 455 g/mol. The minimum absolute atomic E-state index is 0.0380. The number of rotatable bonds is 8. The van der Waals surface area contributed by atoms with Crippen LogP contribution in [0.25, 0.3) is 5.65 Å². The van der Waals surface area contributed by atoms with E-state index in [1.165, 1.54) is 16.8 Å². The first-order valence-electron chi connectivity index (χ1n) is 11.0. The Morgan fingerprint density at radius 1 is 1.38 bits per heavy atom. The van der Waals surface area contributed by atoms with Crippen LogP contribution in [0.1, 0.15) is 44.2 Å². The summed E-state index contributed by atoms with van der Waals surface area (Å²) in [6, 6.07) is 3.26. The van der Waals surface area contributed by atoms with E-state index in [9.17, 15) is 13.6 Å². The summed E-state index contributed by atoms with van der Waals surface area (Å²) in [6.45, 7) is 1.16. The van der Waals surface area contributed by atoms with E-state index in [-0.39, 0.29) is 11.4 Å². The van der Waals surface area contributed by atoms with Crippen LogP contribution in [0.3, 0.4) is 0 Å². The molecule has 3 atom stereocenters. The largest absolute Gasteiger partial charge is 0.470 e. The summed E-state index contributed by atoms with van der Waals surface area (Å²) in [5.74, 6) is 0.249. The van der Waals surface area contributed by atoms with Gasteiger partial charge < -0.3 is 20.1 Å². The molecule has 3 aromatic rings. The maximum Gasteiger partial charge on any atom is 0.407 e. The van der Waals surface area contributed by atoms with Crippen LogP contribution in [0.2, 0.25) is 0 Å². The minimum Gasteiger partial charge on any atom is -0.470 e. The Morgan fingerprint density at radius 3 is 2.97 bits per heavy atom. The van der Waals surface area contributed by atoms with E-state index >= 15 is 4.39 Å². The predicted molar refractivity (Wildman–Crippen MR) is 114 cm³/mol. The molecule has 182 valence electrons. The van der Waals surface area contributed by atoms with Gasteiger partial charge in [-0.3, -0.25) is 9.50 Å². The number of amides is 1. The van der Waals surface area contributed by atoms with E-state index in [0.29, 0.717) is 35.9 Å². The van der Waals surface area contributed by atoms with E-state index in [1.807, 2.05) is 6.92 Å². The number of carbonyl (C=O) groups excluding carboxylic acids is 1. The molecular formula is C21H24F3N7O3. The molecule has 0 saturated heterocycles. The lowest BCUT2D eigenvalue weighted by Crippen LogP contribution is -2.38. The fraction of sp³-hybridized carbons (Fsp3) is 0.524. The smallest absolute Gasteiger partial charge is 0.407 e. The van der Waals surface area contributed by atoms with Gasteiger partial charge in [-0.1, -0.05) is 0 Å². The lowest BCUT2D eigenvalue weighted by Gasteiger charge is -2.19. The molecule has 3 aromatic heterocycles. The quantitative estimate of drug-likeness (QED) is 0.451. The molecule has 0 aromatic carbocycles. The van der Waals surface area contributed by atoms with Crippen molar-refractivity contribution >= 4 is 23.5 Å². The van der Waals surface area contributed by atoms with Gasteiger partial charge in [0.25, 0.3) is 6.43 Å². The maximum absolute atomic E-state index is 15.1. The van der Waals surface area contributed by atoms with E-state index in [4.69, 9.17) is 9.47 Å². The molecule has 2 fully saturated rings. The van der Waals surface area contributed by atoms with Gasteiger partial charge in [-0.25, -0.2) is 22.9 Å². The second kappa shape index (κ2) is 8.69. The number of aromatic amines is 1. The zero-order chi connectivity index (χ0) is 23.9. The van der Waals surface area contributed by atoms with Gasteiger partial charge in [0, 0.05) is 29.4 Å². The molecule has 2 aliphatic carbocycles. The van der Waals surface area contributed by atoms with Crippen LogP contribution in [-0.4, -0.2) is 61.5 Å². The van der Waals surface area contributed by atoms with Gasteiger partial charge >= 0.3 is 6.09 Å². The first-order chi connectivity index (χ1) is 16.3. The number of carbonyl (C=O) groups is 1. The lowest BCUT2D eigenvalue weighted by molar-refractivity contribution is 0.0546. The standard InChI is InChI=1S/C21H24F3N7O3/c1-21(5-6-21)28-20(32)34-13-3-2-11(18(13)24)12-8-15(30-29-12)26-19-25-7-4-16-27-17(9-31(16)19)33-10-14(22)23/h4,7-9,11,13-14,18H,2-3,5-6,10H2,1H3,(H,28,32)(H2,25,26,29,30)/t11-,13-,18-/m0/s1. The van der Waals surface area contributed by atoms with E-state index in [1.54, 1.807) is 12.1 Å². The summed E-state index contributed by atoms with van der Waals surface area (Å²) in [4.78, 5) is 20.4. The monoisotopic (exact) mass is 479 g/mol. The number of nitrogens with zero attached hydrogens (tertiary/aromatic N) is 4. The molecule has 13 heteroatoms. The minimum atomic E-state index is -2.61. The van der Waals surface area contributed by atoms with Crippen LogP contribution in [-0.2, 0) is 4.74 Å². The number of halogens is 3. The molecule has 2 aliphatic rings. The highest BCUT2D eigenvalue weighted by atomic mass is 19.3. The number of H-pyrrole nitrogens is 1. The van der Waals surface area contributed by atoms with Crippen LogP contribution < -0.4 is 15.4 Å². The molecule has 34 heavy (non-hydrogen) atoms. The van der Waals surface area contributed by atoms with Crippen LogP contribution in [0.4, 0.5) is 29.7 Å². The van der Waals surface area contributed by atoms with E-state index < -0.39 is 37.3 Å². The molecule has 2 saturated carbocycles. The molecule has 5 rings (SSSR count). The van der Waals surface area contributed by atoms with Crippen LogP contribution in [0.15, 0.2) is 24.5 Å². The highest BCUT2D eigenvalue weighted by molar-refractivity contribution is 5.69. The van der Waals surface area contributed by atoms with Gasteiger partial charge in [-0.05, 0) is 38.7 Å². The zero-order valence-electron chi connectivity index (χ0n) is 18.3. The maximum atomic E-state index is 15.1. The fourth-order valence-electron chi connectivity index (χ4n) is 4.01. The Morgan fingerprint density at radius 2 is 2.21 bits per heavy atom. The Balaban J connectivity index is 1.24. The first-order valence-corrected chi connectivity index (χ1v) is 11.0. The summed E-state index contributed by atoms with van der Waals surface area (Å²) in [6.07, 6.45) is 0.246. The van der Waals surface area contributed by atoms with Crippen molar-refractivity contribution in [2.75, 3.05) is 11.9 Å². The zero-order valence-corrected chi connectivity index (χ0v) is 18.3. The van der Waals surface area contributed by atoms with Gasteiger partial charge in [0.05, 0.1) is 6.20 Å². The van der Waals surface area contributed by atoms with Crippen molar-refractivity contribution in [3.05, 3.63) is 30.2 Å². The van der Waals surface area contributed by atoms with Crippen molar-refractivity contribution in [3.63, 3.8) is 0 Å². The molecule has 0 unspecified atom stereocenters. The Hall–Kier alpha value is -3.51. The van der Waals surface area contributed by atoms with Crippen molar-refractivity contribution in [2.45, 2.75) is 62.8 Å². The highest BCUT2D eigenvalue weighted by Crippen LogP contribution is 2.39. The van der Waals surface area contributed by atoms with Crippen molar-refractivity contribution < 1.29 is 27.4 Å². The summed E-state index contributed by atoms with van der Waals surface area (Å²) in [5, 5.41) is 12.8. The van der Waals surface area contributed by atoms with Gasteiger partial charge in [-0.2, -0.15) is 10.1 Å². The van der Waals surface area contributed by atoms with Gasteiger partial charge in [0.15, 0.2) is 12.4 Å². The Labute approximate surface area is 192 Å². The van der Waals surface area contributed by atoms with E-state index in [0.717, 1.165) is 12.8 Å². The lowest BCUT2D eigenvalue weighted by atomic mass is 10.0. The Kier molecular flexibility index (Phi) is 5.70. The van der Waals surface area contributed by atoms with Crippen molar-refractivity contribution in [2.24, 2.45) is 0 Å². The SMILES string of the molecule is CC1(NC(=O)O[C@H]2CC[C@@H](c3cc(Nc4nccc5nc(OCC(F)F)cn45)n[nH]3)[C@@H]2F)CC1. The number of imidazole rings is 1. The molecule has 10 nitrogen and oxygen atoms in total. The number of alkyl halides is 3. The van der Waals surface area contributed by atoms with Gasteiger partial charge in [0.2, 0.25) is 11.8 Å². The van der Waals surface area contributed by atoms with Crippen LogP contribution in [0.5, 0.6) is 5.88 Å². The number of anilines is 2. The number of nitrogens with one attached hydrogen (secondary N) is 3. The fourth-order valence-corrected chi connectivity index (χ4v) is 4.01. The first kappa shape index (κ1) is 22.3. The number of hydrogen-bond acceptors (Lipinski definition) is 7. The third kappa shape index (κ3) is 4.73. The van der Waals surface area contributed by atoms with Crippen LogP contribution >= 0.6 is 0 Å². The summed E-state index contributed by atoms with van der Waals surface area (Å²) >= 11 is 0. The third-order valence-electron chi connectivity index (χ3n) is 6.12. The summed E-state index contributed by atoms with van der Waals surface area (Å²) < 4.78 is 51.7. The molecule has 1 amide bonds. The predicted octanol–water partition coefficient (Wildman–Crippen LogP) is 3.70. The Bertz CT molecular complexity index is 1180. The normalized spacial score (nSPS) is 23.3. The number of ether oxygens (including phenoxy) is 2. The summed E-state index contributed by atoms with van der Waals surface area (Å²) in [5.41, 5.74) is 0.775. The number of hydrogen-bond donors (Lipinski definition) is 3. The van der Waals surface area contributed by atoms with Crippen molar-refractivity contribution in [1.82, 2.24) is 29.9 Å². The second-order valence-corrected chi connectivity index (χ2v) is 8.87. The van der Waals surface area contributed by atoms with Crippen LogP contribution in [0, 0.1) is 0 Å². The molecule has 0 spiro atoms. The van der Waals surface area contributed by atoms with Crippen molar-refractivity contribution in [1.29, 1.82) is 0 Å².